The molecule has 0 aliphatic heterocycles. The maximum Gasteiger partial charge on any atom is 0.243 e. The second kappa shape index (κ2) is 15.2. The zero-order valence-corrected chi connectivity index (χ0v) is 25.2. The number of carbonyl (C=O) groups excluding carboxylic acids is 2. The molecule has 0 radical (unpaired) electrons. The third-order valence-corrected chi connectivity index (χ3v) is 7.94. The summed E-state index contributed by atoms with van der Waals surface area (Å²) in [6, 6.07) is 23.6. The molecule has 0 aliphatic carbocycles. The molecule has 2 amide bonds. The number of benzene rings is 3. The Hall–Kier alpha value is -3.85. The summed E-state index contributed by atoms with van der Waals surface area (Å²) in [5, 5.41) is 2.97. The number of methoxy groups -OCH3 is 1. The van der Waals surface area contributed by atoms with E-state index < -0.39 is 16.1 Å². The Kier molecular flexibility index (Phi) is 11.8. The van der Waals surface area contributed by atoms with E-state index >= 15 is 0 Å². The summed E-state index contributed by atoms with van der Waals surface area (Å²) in [4.78, 5) is 29.0. The number of carbonyl (C=O) groups is 2. The van der Waals surface area contributed by atoms with Crippen LogP contribution in [0.4, 0.5) is 5.69 Å². The van der Waals surface area contributed by atoms with Crippen molar-refractivity contribution in [3.8, 4) is 5.75 Å². The minimum Gasteiger partial charge on any atom is -0.497 e. The summed E-state index contributed by atoms with van der Waals surface area (Å²) in [6.45, 7) is 4.74. The molecule has 0 aromatic heterocycles. The number of aryl methyl sites for hydroxylation is 1. The zero-order valence-electron chi connectivity index (χ0n) is 24.4. The fraction of sp³-hybridized carbons (Fsp3) is 0.375. The largest absolute Gasteiger partial charge is 0.497 e. The number of nitrogens with zero attached hydrogens (tertiary/aromatic N) is 2. The Bertz CT molecular complexity index is 1400. The topological polar surface area (TPSA) is 96.0 Å². The van der Waals surface area contributed by atoms with Crippen LogP contribution in [0, 0.1) is 6.92 Å². The van der Waals surface area contributed by atoms with Crippen LogP contribution in [0.5, 0.6) is 5.75 Å². The number of rotatable bonds is 15. The van der Waals surface area contributed by atoms with E-state index in [4.69, 9.17) is 4.74 Å². The minimum atomic E-state index is -3.56. The number of hydrogen-bond donors (Lipinski definition) is 1. The van der Waals surface area contributed by atoms with E-state index in [0.717, 1.165) is 23.1 Å². The first-order valence-corrected chi connectivity index (χ1v) is 15.8. The Labute approximate surface area is 244 Å². The van der Waals surface area contributed by atoms with Crippen molar-refractivity contribution in [2.75, 3.05) is 30.8 Å². The summed E-state index contributed by atoms with van der Waals surface area (Å²) in [5.74, 6) is 0.217. The van der Waals surface area contributed by atoms with Crippen LogP contribution in [0.3, 0.4) is 0 Å². The van der Waals surface area contributed by atoms with Gasteiger partial charge in [0.25, 0.3) is 0 Å². The molecular weight excluding hydrogens is 538 g/mol. The molecule has 0 heterocycles. The molecule has 3 aromatic carbocycles. The first kappa shape index (κ1) is 31.7. The van der Waals surface area contributed by atoms with Crippen LogP contribution in [0.2, 0.25) is 0 Å². The number of nitrogens with one attached hydrogen (secondary N) is 1. The molecule has 1 atom stereocenters. The number of anilines is 1. The average Bonchev–Trinajstić information content (AvgIpc) is 2.95. The Morgan fingerprint density at radius 3 is 2.32 bits per heavy atom. The lowest BCUT2D eigenvalue weighted by atomic mass is 10.0. The highest BCUT2D eigenvalue weighted by Gasteiger charge is 2.30. The first-order chi connectivity index (χ1) is 19.6. The van der Waals surface area contributed by atoms with Crippen molar-refractivity contribution < 1.29 is 22.7 Å². The van der Waals surface area contributed by atoms with Gasteiger partial charge in [0.2, 0.25) is 21.8 Å². The predicted molar refractivity (Wildman–Crippen MR) is 163 cm³/mol. The molecule has 3 aromatic rings. The molecule has 0 saturated carbocycles. The van der Waals surface area contributed by atoms with Crippen molar-refractivity contribution in [3.05, 3.63) is 95.6 Å². The van der Waals surface area contributed by atoms with Crippen molar-refractivity contribution in [2.45, 2.75) is 52.1 Å². The fourth-order valence-electron chi connectivity index (χ4n) is 4.67. The monoisotopic (exact) mass is 579 g/mol. The van der Waals surface area contributed by atoms with Gasteiger partial charge >= 0.3 is 0 Å². The molecular formula is C32H41N3O5S. The van der Waals surface area contributed by atoms with Gasteiger partial charge in [0.15, 0.2) is 0 Å². The number of hydrogen-bond acceptors (Lipinski definition) is 5. The van der Waals surface area contributed by atoms with Crippen molar-refractivity contribution >= 4 is 27.5 Å². The Morgan fingerprint density at radius 2 is 1.66 bits per heavy atom. The number of amides is 2. The van der Waals surface area contributed by atoms with Crippen LogP contribution in [-0.4, -0.2) is 57.6 Å². The molecule has 1 N–H and O–H groups in total. The normalized spacial score (nSPS) is 11.9. The van der Waals surface area contributed by atoms with Crippen molar-refractivity contribution in [2.24, 2.45) is 0 Å². The third kappa shape index (κ3) is 9.63. The van der Waals surface area contributed by atoms with Gasteiger partial charge in [-0.25, -0.2) is 8.42 Å². The second-order valence-electron chi connectivity index (χ2n) is 10.1. The summed E-state index contributed by atoms with van der Waals surface area (Å²) in [7, 11) is -1.98. The maximum atomic E-state index is 13.9. The third-order valence-electron chi connectivity index (χ3n) is 6.75. The molecule has 41 heavy (non-hydrogen) atoms. The summed E-state index contributed by atoms with van der Waals surface area (Å²) in [5.41, 5.74) is 3.28. The number of sulfonamides is 1. The second-order valence-corrected chi connectivity index (χ2v) is 12.1. The molecule has 9 heteroatoms. The highest BCUT2D eigenvalue weighted by Crippen LogP contribution is 2.22. The lowest BCUT2D eigenvalue weighted by Gasteiger charge is -2.32. The average molecular weight is 580 g/mol. The van der Waals surface area contributed by atoms with Gasteiger partial charge in [-0.3, -0.25) is 13.9 Å². The highest BCUT2D eigenvalue weighted by atomic mass is 32.2. The zero-order chi connectivity index (χ0) is 29.8. The van der Waals surface area contributed by atoms with Crippen LogP contribution in [-0.2, 0) is 32.6 Å². The van der Waals surface area contributed by atoms with Crippen LogP contribution in [0.15, 0.2) is 78.9 Å². The molecule has 0 bridgehead atoms. The van der Waals surface area contributed by atoms with E-state index in [2.05, 4.69) is 5.32 Å². The van der Waals surface area contributed by atoms with Gasteiger partial charge in [0, 0.05) is 32.5 Å². The minimum absolute atomic E-state index is 0.0775. The predicted octanol–water partition coefficient (Wildman–Crippen LogP) is 4.72. The van der Waals surface area contributed by atoms with Crippen LogP contribution in [0.1, 0.15) is 42.9 Å². The van der Waals surface area contributed by atoms with Crippen LogP contribution in [0.25, 0.3) is 0 Å². The summed E-state index contributed by atoms with van der Waals surface area (Å²) >= 11 is 0. The van der Waals surface area contributed by atoms with Gasteiger partial charge in [-0.1, -0.05) is 61.5 Å². The van der Waals surface area contributed by atoms with Gasteiger partial charge in [-0.2, -0.15) is 0 Å². The van der Waals surface area contributed by atoms with Crippen molar-refractivity contribution in [1.29, 1.82) is 0 Å². The van der Waals surface area contributed by atoms with Crippen molar-refractivity contribution in [3.63, 3.8) is 0 Å². The summed E-state index contributed by atoms with van der Waals surface area (Å²) in [6.07, 6.45) is 2.66. The van der Waals surface area contributed by atoms with Gasteiger partial charge in [-0.05, 0) is 60.7 Å². The van der Waals surface area contributed by atoms with Crippen molar-refractivity contribution in [1.82, 2.24) is 10.2 Å². The summed E-state index contributed by atoms with van der Waals surface area (Å²) < 4.78 is 32.0. The van der Waals surface area contributed by atoms with E-state index in [0.29, 0.717) is 30.8 Å². The van der Waals surface area contributed by atoms with E-state index in [1.54, 1.807) is 18.1 Å². The van der Waals surface area contributed by atoms with Gasteiger partial charge in [0.1, 0.15) is 11.8 Å². The molecule has 220 valence electrons. The lowest BCUT2D eigenvalue weighted by molar-refractivity contribution is -0.141. The maximum absolute atomic E-state index is 13.9. The van der Waals surface area contributed by atoms with E-state index in [1.807, 2.05) is 86.6 Å². The Morgan fingerprint density at radius 1 is 0.951 bits per heavy atom. The van der Waals surface area contributed by atoms with Gasteiger partial charge in [-0.15, -0.1) is 0 Å². The van der Waals surface area contributed by atoms with E-state index in [-0.39, 0.29) is 31.3 Å². The molecule has 0 unspecified atom stereocenters. The smallest absolute Gasteiger partial charge is 0.243 e. The highest BCUT2D eigenvalue weighted by molar-refractivity contribution is 7.92. The lowest BCUT2D eigenvalue weighted by Crippen LogP contribution is -2.50. The van der Waals surface area contributed by atoms with E-state index in [1.165, 1.54) is 10.6 Å². The molecule has 0 fully saturated rings. The van der Waals surface area contributed by atoms with Crippen LogP contribution < -0.4 is 14.4 Å². The number of ether oxygens (including phenoxy) is 1. The van der Waals surface area contributed by atoms with Crippen LogP contribution >= 0.6 is 0 Å². The first-order valence-electron chi connectivity index (χ1n) is 13.9. The quantitative estimate of drug-likeness (QED) is 0.281. The molecule has 3 rings (SSSR count). The molecule has 0 spiro atoms. The standard InChI is InChI=1S/C32H41N3O5S/c1-5-19-33-32(37)30(23-26-13-7-6-8-14-26)34(24-27-15-10-17-29(22-27)40-3)31(36)18-11-20-35(41(4,38)39)28-16-9-12-25(2)21-28/h6-10,12-17,21-22,30H,5,11,18-20,23-24H2,1-4H3,(H,33,37)/t30-/m1/s1. The fourth-order valence-corrected chi connectivity index (χ4v) is 5.63. The van der Waals surface area contributed by atoms with Gasteiger partial charge < -0.3 is 15.0 Å². The Balaban J connectivity index is 1.89. The molecule has 0 aliphatic rings. The van der Waals surface area contributed by atoms with Gasteiger partial charge in [0.05, 0.1) is 19.1 Å². The molecule has 0 saturated heterocycles. The SMILES string of the molecule is CCCNC(=O)[C@@H](Cc1ccccc1)N(Cc1cccc(OC)c1)C(=O)CCCN(c1cccc(C)c1)S(C)(=O)=O. The van der Waals surface area contributed by atoms with E-state index in [9.17, 15) is 18.0 Å². The molecule has 8 nitrogen and oxygen atoms in total.